The van der Waals surface area contributed by atoms with E-state index in [1.807, 2.05) is 18.2 Å². The second-order valence-electron chi connectivity index (χ2n) is 6.52. The van der Waals surface area contributed by atoms with Crippen molar-refractivity contribution in [2.24, 2.45) is 5.92 Å². The van der Waals surface area contributed by atoms with Crippen molar-refractivity contribution in [1.29, 1.82) is 0 Å². The molecule has 1 aliphatic heterocycles. The number of hydrogen-bond donors (Lipinski definition) is 1. The molecule has 128 valence electrons. The Hall–Kier alpha value is -2.30. The number of rotatable bonds is 4. The summed E-state index contributed by atoms with van der Waals surface area (Å²) in [5.74, 6) is -0.212. The van der Waals surface area contributed by atoms with Crippen molar-refractivity contribution in [2.75, 3.05) is 13.1 Å². The Bertz CT molecular complexity index is 618. The van der Waals surface area contributed by atoms with Gasteiger partial charge in [-0.15, -0.1) is 0 Å². The van der Waals surface area contributed by atoms with Crippen LogP contribution >= 0.6 is 0 Å². The summed E-state index contributed by atoms with van der Waals surface area (Å²) in [4.78, 5) is 26.2. The van der Waals surface area contributed by atoms with Crippen LogP contribution in [0.3, 0.4) is 0 Å². The SMILES string of the molecule is O=C([C@H]1CC=CCC1)N1CCC(Oc2ccccc2)(C(=O)O)CC1. The summed E-state index contributed by atoms with van der Waals surface area (Å²) in [7, 11) is 0. The van der Waals surface area contributed by atoms with Crippen LogP contribution in [0.25, 0.3) is 0 Å². The van der Waals surface area contributed by atoms with E-state index in [4.69, 9.17) is 4.74 Å². The number of aliphatic carboxylic acids is 1. The molecule has 1 aromatic rings. The van der Waals surface area contributed by atoms with Gasteiger partial charge in [0.05, 0.1) is 0 Å². The van der Waals surface area contributed by atoms with E-state index in [0.29, 0.717) is 31.7 Å². The molecule has 24 heavy (non-hydrogen) atoms. The van der Waals surface area contributed by atoms with Crippen molar-refractivity contribution < 1.29 is 19.4 Å². The lowest BCUT2D eigenvalue weighted by molar-refractivity contribution is -0.162. The lowest BCUT2D eigenvalue weighted by Crippen LogP contribution is -2.55. The maximum atomic E-state index is 12.6. The highest BCUT2D eigenvalue weighted by Gasteiger charge is 2.45. The van der Waals surface area contributed by atoms with Gasteiger partial charge in [-0.3, -0.25) is 4.79 Å². The van der Waals surface area contributed by atoms with E-state index < -0.39 is 11.6 Å². The molecule has 5 heteroatoms. The van der Waals surface area contributed by atoms with Crippen LogP contribution in [0.15, 0.2) is 42.5 Å². The molecule has 1 saturated heterocycles. The van der Waals surface area contributed by atoms with Gasteiger partial charge in [-0.25, -0.2) is 4.79 Å². The number of amides is 1. The van der Waals surface area contributed by atoms with Crippen molar-refractivity contribution in [3.63, 3.8) is 0 Å². The standard InChI is InChI=1S/C19H23NO4/c21-17(15-7-3-1-4-8-15)20-13-11-19(12-14-20,18(22)23)24-16-9-5-2-6-10-16/h1-3,5-6,9-10,15H,4,7-8,11-14H2,(H,22,23)/t15-/m0/s1. The normalized spacial score (nSPS) is 22.8. The molecule has 5 nitrogen and oxygen atoms in total. The zero-order chi connectivity index (χ0) is 17.0. The summed E-state index contributed by atoms with van der Waals surface area (Å²) >= 11 is 0. The van der Waals surface area contributed by atoms with Gasteiger partial charge in [-0.1, -0.05) is 30.4 Å². The zero-order valence-electron chi connectivity index (χ0n) is 13.7. The molecular formula is C19H23NO4. The lowest BCUT2D eigenvalue weighted by atomic mass is 9.88. The van der Waals surface area contributed by atoms with E-state index in [1.54, 1.807) is 17.0 Å². The number of carbonyl (C=O) groups excluding carboxylic acids is 1. The Kier molecular flexibility index (Phi) is 4.88. The van der Waals surface area contributed by atoms with Crippen LogP contribution in [0.5, 0.6) is 5.75 Å². The third-order valence-corrected chi connectivity index (χ3v) is 4.95. The van der Waals surface area contributed by atoms with Crippen LogP contribution in [0.4, 0.5) is 0 Å². The molecule has 1 N–H and O–H groups in total. The molecule has 1 aliphatic carbocycles. The number of benzene rings is 1. The van der Waals surface area contributed by atoms with Crippen molar-refractivity contribution >= 4 is 11.9 Å². The second kappa shape index (κ2) is 7.07. The van der Waals surface area contributed by atoms with Gasteiger partial charge in [0.15, 0.2) is 0 Å². The van der Waals surface area contributed by atoms with E-state index in [9.17, 15) is 14.7 Å². The summed E-state index contributed by atoms with van der Waals surface area (Å²) in [6.07, 6.45) is 7.42. The van der Waals surface area contributed by atoms with Crippen LogP contribution < -0.4 is 4.74 Å². The smallest absolute Gasteiger partial charge is 0.348 e. The Balaban J connectivity index is 1.65. The number of likely N-dealkylation sites (tertiary alicyclic amines) is 1. The second-order valence-corrected chi connectivity index (χ2v) is 6.52. The van der Waals surface area contributed by atoms with Crippen LogP contribution in [0, 0.1) is 5.92 Å². The van der Waals surface area contributed by atoms with Crippen LogP contribution in [-0.4, -0.2) is 40.6 Å². The maximum absolute atomic E-state index is 12.6. The highest BCUT2D eigenvalue weighted by molar-refractivity contribution is 5.81. The predicted molar refractivity (Wildman–Crippen MR) is 89.7 cm³/mol. The Morgan fingerprint density at radius 2 is 1.83 bits per heavy atom. The fourth-order valence-electron chi connectivity index (χ4n) is 3.44. The molecule has 0 bridgehead atoms. The molecule has 0 saturated carbocycles. The van der Waals surface area contributed by atoms with Gasteiger partial charge in [-0.05, 0) is 31.4 Å². The van der Waals surface area contributed by atoms with Gasteiger partial charge in [0.2, 0.25) is 11.5 Å². The van der Waals surface area contributed by atoms with Crippen LogP contribution in [0.2, 0.25) is 0 Å². The first-order valence-electron chi connectivity index (χ1n) is 8.52. The number of para-hydroxylation sites is 1. The molecule has 0 radical (unpaired) electrons. The summed E-state index contributed by atoms with van der Waals surface area (Å²) in [6, 6.07) is 9.02. The largest absolute Gasteiger partial charge is 0.478 e. The first-order valence-corrected chi connectivity index (χ1v) is 8.52. The summed E-state index contributed by atoms with van der Waals surface area (Å²) in [5.41, 5.74) is -1.25. The van der Waals surface area contributed by atoms with Gasteiger partial charge >= 0.3 is 5.97 Å². The van der Waals surface area contributed by atoms with Crippen molar-refractivity contribution in [2.45, 2.75) is 37.7 Å². The fraction of sp³-hybridized carbons (Fsp3) is 0.474. The van der Waals surface area contributed by atoms with E-state index in [0.717, 1.165) is 19.3 Å². The molecule has 0 aromatic heterocycles. The molecule has 1 fully saturated rings. The summed E-state index contributed by atoms with van der Waals surface area (Å²) < 4.78 is 5.83. The highest BCUT2D eigenvalue weighted by atomic mass is 16.5. The Labute approximate surface area is 141 Å². The third kappa shape index (κ3) is 3.45. The third-order valence-electron chi connectivity index (χ3n) is 4.95. The van der Waals surface area contributed by atoms with Gasteiger partial charge in [0.1, 0.15) is 5.75 Å². The number of carboxylic acids is 1. The Morgan fingerprint density at radius 1 is 1.12 bits per heavy atom. The number of carbonyl (C=O) groups is 2. The summed E-state index contributed by atoms with van der Waals surface area (Å²) in [6.45, 7) is 0.858. The minimum atomic E-state index is -1.25. The van der Waals surface area contributed by atoms with E-state index in [-0.39, 0.29) is 11.8 Å². The number of hydrogen-bond acceptors (Lipinski definition) is 3. The monoisotopic (exact) mass is 329 g/mol. The van der Waals surface area contributed by atoms with Crippen molar-refractivity contribution in [3.8, 4) is 5.75 Å². The number of piperidine rings is 1. The number of carboxylic acid groups (broad SMARTS) is 1. The quantitative estimate of drug-likeness (QED) is 0.863. The average Bonchev–Trinajstić information content (AvgIpc) is 2.63. The van der Waals surface area contributed by atoms with Crippen LogP contribution in [-0.2, 0) is 9.59 Å². The molecule has 1 atom stereocenters. The van der Waals surface area contributed by atoms with E-state index >= 15 is 0 Å². The molecular weight excluding hydrogens is 306 g/mol. The van der Waals surface area contributed by atoms with E-state index in [1.165, 1.54) is 0 Å². The topological polar surface area (TPSA) is 66.8 Å². The minimum Gasteiger partial charge on any atom is -0.478 e. The van der Waals surface area contributed by atoms with Crippen molar-refractivity contribution in [1.82, 2.24) is 4.90 Å². The summed E-state index contributed by atoms with van der Waals surface area (Å²) in [5, 5.41) is 9.69. The van der Waals surface area contributed by atoms with E-state index in [2.05, 4.69) is 12.2 Å². The predicted octanol–water partition coefficient (Wildman–Crippen LogP) is 2.87. The number of nitrogens with zero attached hydrogens (tertiary/aromatic N) is 1. The van der Waals surface area contributed by atoms with Gasteiger partial charge in [0.25, 0.3) is 0 Å². The molecule has 1 amide bonds. The number of allylic oxidation sites excluding steroid dienone is 2. The fourth-order valence-corrected chi connectivity index (χ4v) is 3.44. The maximum Gasteiger partial charge on any atom is 0.348 e. The Morgan fingerprint density at radius 3 is 2.42 bits per heavy atom. The van der Waals surface area contributed by atoms with Crippen LogP contribution in [0.1, 0.15) is 32.1 Å². The van der Waals surface area contributed by atoms with Gasteiger partial charge < -0.3 is 14.7 Å². The van der Waals surface area contributed by atoms with Crippen molar-refractivity contribution in [3.05, 3.63) is 42.5 Å². The molecule has 2 aliphatic rings. The highest BCUT2D eigenvalue weighted by Crippen LogP contribution is 2.31. The van der Waals surface area contributed by atoms with Gasteiger partial charge in [-0.2, -0.15) is 0 Å². The first kappa shape index (κ1) is 16.6. The molecule has 0 unspecified atom stereocenters. The zero-order valence-corrected chi connectivity index (χ0v) is 13.7. The molecule has 1 aromatic carbocycles. The molecule has 0 spiro atoms. The molecule has 3 rings (SSSR count). The first-order chi connectivity index (χ1) is 11.6. The lowest BCUT2D eigenvalue weighted by Gasteiger charge is -2.40. The number of ether oxygens (including phenoxy) is 1. The van der Waals surface area contributed by atoms with Gasteiger partial charge in [0, 0.05) is 31.8 Å². The average molecular weight is 329 g/mol. The minimum absolute atomic E-state index is 0.0439. The molecule has 1 heterocycles.